The second kappa shape index (κ2) is 4.91. The lowest BCUT2D eigenvalue weighted by Gasteiger charge is -2.18. The molecule has 0 aliphatic carbocycles. The summed E-state index contributed by atoms with van der Waals surface area (Å²) >= 11 is 0. The van der Waals surface area contributed by atoms with Crippen LogP contribution in [0.15, 0.2) is 42.6 Å². The summed E-state index contributed by atoms with van der Waals surface area (Å²) in [7, 11) is 0. The van der Waals surface area contributed by atoms with Crippen molar-refractivity contribution in [2.24, 2.45) is 0 Å². The van der Waals surface area contributed by atoms with E-state index >= 15 is 0 Å². The highest BCUT2D eigenvalue weighted by Gasteiger charge is 2.18. The summed E-state index contributed by atoms with van der Waals surface area (Å²) in [6.07, 6.45) is 1.73. The average molecular weight is 296 g/mol. The van der Waals surface area contributed by atoms with Crippen LogP contribution in [0, 0.1) is 10.1 Å². The van der Waals surface area contributed by atoms with Gasteiger partial charge in [0.25, 0.3) is 0 Å². The van der Waals surface area contributed by atoms with Gasteiger partial charge in [-0.05, 0) is 17.0 Å². The first-order valence-electron chi connectivity index (χ1n) is 6.97. The Morgan fingerprint density at radius 1 is 1.09 bits per heavy atom. The molecular weight excluding hydrogens is 280 g/mol. The van der Waals surface area contributed by atoms with Crippen LogP contribution in [0.5, 0.6) is 0 Å². The van der Waals surface area contributed by atoms with Crippen LogP contribution >= 0.6 is 0 Å². The maximum atomic E-state index is 11.0. The number of hydrogen-bond donors (Lipinski definition) is 0. The molecule has 0 aliphatic heterocycles. The fourth-order valence-corrected chi connectivity index (χ4v) is 2.36. The Morgan fingerprint density at radius 3 is 2.36 bits per heavy atom. The smallest absolute Gasteiger partial charge is 0.277 e. The Labute approximate surface area is 127 Å². The average Bonchev–Trinajstić information content (AvgIpc) is 2.90. The molecular formula is C16H16N4O2. The number of nitro groups is 1. The highest BCUT2D eigenvalue weighted by Crippen LogP contribution is 2.27. The van der Waals surface area contributed by atoms with Gasteiger partial charge in [-0.25, -0.2) is 0 Å². The Kier molecular flexibility index (Phi) is 3.16. The summed E-state index contributed by atoms with van der Waals surface area (Å²) in [6.45, 7) is 6.45. The highest BCUT2D eigenvalue weighted by molar-refractivity contribution is 5.66. The van der Waals surface area contributed by atoms with Crippen LogP contribution in [0.4, 0.5) is 5.69 Å². The number of rotatable bonds is 2. The van der Waals surface area contributed by atoms with Crippen molar-refractivity contribution in [3.63, 3.8) is 0 Å². The molecule has 2 aromatic heterocycles. The van der Waals surface area contributed by atoms with Gasteiger partial charge in [-0.3, -0.25) is 14.5 Å². The molecule has 112 valence electrons. The SMILES string of the molecule is CC(C)(C)c1ccc(-c2nnc3c([N+](=O)[O-])cccn23)cc1. The number of hydrogen-bond acceptors (Lipinski definition) is 4. The van der Waals surface area contributed by atoms with Crippen LogP contribution in [-0.2, 0) is 5.41 Å². The molecule has 0 amide bonds. The van der Waals surface area contributed by atoms with E-state index in [1.165, 1.54) is 11.6 Å². The molecule has 0 bridgehead atoms. The summed E-state index contributed by atoms with van der Waals surface area (Å²) < 4.78 is 1.64. The van der Waals surface area contributed by atoms with Gasteiger partial charge in [0.15, 0.2) is 5.82 Å². The topological polar surface area (TPSA) is 73.3 Å². The second-order valence-corrected chi connectivity index (χ2v) is 6.20. The predicted octanol–water partition coefficient (Wildman–Crippen LogP) is 3.60. The molecule has 0 fully saturated rings. The fraction of sp³-hybridized carbons (Fsp3) is 0.250. The van der Waals surface area contributed by atoms with Crippen molar-refractivity contribution < 1.29 is 4.92 Å². The van der Waals surface area contributed by atoms with Crippen molar-refractivity contribution in [2.75, 3.05) is 0 Å². The summed E-state index contributed by atoms with van der Waals surface area (Å²) in [5.74, 6) is 0.596. The minimum atomic E-state index is -0.448. The van der Waals surface area contributed by atoms with E-state index < -0.39 is 4.92 Å². The van der Waals surface area contributed by atoms with E-state index in [-0.39, 0.29) is 16.7 Å². The molecule has 3 rings (SSSR count). The number of fused-ring (bicyclic) bond motifs is 1. The third-order valence-electron chi connectivity index (χ3n) is 3.62. The van der Waals surface area contributed by atoms with Crippen LogP contribution in [-0.4, -0.2) is 19.5 Å². The van der Waals surface area contributed by atoms with Gasteiger partial charge in [0.1, 0.15) is 0 Å². The third-order valence-corrected chi connectivity index (χ3v) is 3.62. The number of aromatic nitrogens is 3. The van der Waals surface area contributed by atoms with Crippen molar-refractivity contribution in [1.29, 1.82) is 0 Å². The first-order chi connectivity index (χ1) is 10.4. The van der Waals surface area contributed by atoms with Crippen molar-refractivity contribution >= 4 is 11.3 Å². The molecule has 0 atom stereocenters. The zero-order valence-corrected chi connectivity index (χ0v) is 12.6. The first kappa shape index (κ1) is 14.2. The van der Waals surface area contributed by atoms with Crippen LogP contribution in [0.3, 0.4) is 0 Å². The summed E-state index contributed by atoms with van der Waals surface area (Å²) in [5, 5.41) is 19.1. The van der Waals surface area contributed by atoms with E-state index in [9.17, 15) is 10.1 Å². The Bertz CT molecular complexity index is 845. The summed E-state index contributed by atoms with van der Waals surface area (Å²) in [5.41, 5.74) is 2.37. The molecule has 0 saturated heterocycles. The molecule has 0 unspecified atom stereocenters. The lowest BCUT2D eigenvalue weighted by Crippen LogP contribution is -2.10. The van der Waals surface area contributed by atoms with E-state index in [0.29, 0.717) is 5.82 Å². The molecule has 2 heterocycles. The molecule has 3 aromatic rings. The molecule has 0 spiro atoms. The van der Waals surface area contributed by atoms with E-state index in [4.69, 9.17) is 0 Å². The monoisotopic (exact) mass is 296 g/mol. The van der Waals surface area contributed by atoms with E-state index in [1.807, 2.05) is 24.3 Å². The van der Waals surface area contributed by atoms with Gasteiger partial charge in [-0.15, -0.1) is 10.2 Å². The van der Waals surface area contributed by atoms with Crippen LogP contribution in [0.25, 0.3) is 17.0 Å². The zero-order chi connectivity index (χ0) is 15.9. The van der Waals surface area contributed by atoms with Crippen molar-refractivity contribution in [3.05, 3.63) is 58.3 Å². The molecule has 1 aromatic carbocycles. The molecule has 22 heavy (non-hydrogen) atoms. The largest absolute Gasteiger partial charge is 0.314 e. The van der Waals surface area contributed by atoms with Crippen molar-refractivity contribution in [1.82, 2.24) is 14.6 Å². The zero-order valence-electron chi connectivity index (χ0n) is 12.6. The van der Waals surface area contributed by atoms with Gasteiger partial charge < -0.3 is 0 Å². The highest BCUT2D eigenvalue weighted by atomic mass is 16.6. The predicted molar refractivity (Wildman–Crippen MR) is 83.8 cm³/mol. The summed E-state index contributed by atoms with van der Waals surface area (Å²) in [6, 6.07) is 11.1. The Morgan fingerprint density at radius 2 is 1.77 bits per heavy atom. The minimum Gasteiger partial charge on any atom is -0.277 e. The maximum Gasteiger partial charge on any atom is 0.314 e. The number of benzene rings is 1. The number of nitrogens with zero attached hydrogens (tertiary/aromatic N) is 4. The molecule has 0 radical (unpaired) electrons. The quantitative estimate of drug-likeness (QED) is 0.535. The van der Waals surface area contributed by atoms with Gasteiger partial charge in [-0.1, -0.05) is 45.0 Å². The fourth-order valence-electron chi connectivity index (χ4n) is 2.36. The van der Waals surface area contributed by atoms with E-state index in [0.717, 1.165) is 5.56 Å². The summed E-state index contributed by atoms with van der Waals surface area (Å²) in [4.78, 5) is 10.6. The van der Waals surface area contributed by atoms with Gasteiger partial charge in [0, 0.05) is 17.8 Å². The van der Waals surface area contributed by atoms with Gasteiger partial charge in [-0.2, -0.15) is 0 Å². The molecule has 0 aliphatic rings. The second-order valence-electron chi connectivity index (χ2n) is 6.20. The molecule has 0 saturated carbocycles. The Balaban J connectivity index is 2.11. The molecule has 6 nitrogen and oxygen atoms in total. The molecule has 6 heteroatoms. The third kappa shape index (κ3) is 2.32. The van der Waals surface area contributed by atoms with Crippen LogP contribution in [0.1, 0.15) is 26.3 Å². The molecule has 0 N–H and O–H groups in total. The maximum absolute atomic E-state index is 11.0. The van der Waals surface area contributed by atoms with E-state index in [1.54, 1.807) is 16.7 Å². The first-order valence-corrected chi connectivity index (χ1v) is 6.97. The van der Waals surface area contributed by atoms with Gasteiger partial charge in [0.2, 0.25) is 5.65 Å². The van der Waals surface area contributed by atoms with Crippen LogP contribution < -0.4 is 0 Å². The normalized spacial score (nSPS) is 11.8. The lowest BCUT2D eigenvalue weighted by molar-refractivity contribution is -0.383. The standard InChI is InChI=1S/C16H16N4O2/c1-16(2,3)12-8-6-11(7-9-12)14-17-18-15-13(20(21)22)5-4-10-19(14)15/h4-10H,1-3H3. The Hall–Kier alpha value is -2.76. The van der Waals surface area contributed by atoms with Gasteiger partial charge in [0.05, 0.1) is 4.92 Å². The van der Waals surface area contributed by atoms with Crippen LogP contribution in [0.2, 0.25) is 0 Å². The van der Waals surface area contributed by atoms with E-state index in [2.05, 4.69) is 31.0 Å². The van der Waals surface area contributed by atoms with Crippen molar-refractivity contribution in [3.8, 4) is 11.4 Å². The van der Waals surface area contributed by atoms with Gasteiger partial charge >= 0.3 is 5.69 Å². The lowest BCUT2D eigenvalue weighted by atomic mass is 9.87. The number of pyridine rings is 1. The minimum absolute atomic E-state index is 0.0486. The van der Waals surface area contributed by atoms with Crippen molar-refractivity contribution in [2.45, 2.75) is 26.2 Å².